The topological polar surface area (TPSA) is 95.4 Å². The van der Waals surface area contributed by atoms with Gasteiger partial charge in [0.1, 0.15) is 0 Å². The van der Waals surface area contributed by atoms with Crippen LogP contribution in [0.5, 0.6) is 0 Å². The lowest BCUT2D eigenvalue weighted by Crippen LogP contribution is -2.47. The normalized spacial score (nSPS) is 20.0. The van der Waals surface area contributed by atoms with Gasteiger partial charge in [0.05, 0.1) is 5.92 Å². The summed E-state index contributed by atoms with van der Waals surface area (Å²) in [4.78, 5) is 30.6. The monoisotopic (exact) mass is 392 g/mol. The molecule has 2 aromatic rings. The van der Waals surface area contributed by atoms with Crippen LogP contribution in [0.2, 0.25) is 0 Å². The van der Waals surface area contributed by atoms with E-state index in [0.29, 0.717) is 23.3 Å². The van der Waals surface area contributed by atoms with Gasteiger partial charge in [-0.05, 0) is 43.2 Å². The number of carbonyl (C=O) groups excluding carboxylic acids is 1. The maximum atomic E-state index is 12.4. The van der Waals surface area contributed by atoms with Gasteiger partial charge in [0.2, 0.25) is 10.3 Å². The van der Waals surface area contributed by atoms with Crippen molar-refractivity contribution in [3.05, 3.63) is 29.8 Å². The molecule has 1 saturated heterocycles. The zero-order valence-corrected chi connectivity index (χ0v) is 16.1. The van der Waals surface area contributed by atoms with E-state index in [2.05, 4.69) is 14.7 Å². The summed E-state index contributed by atoms with van der Waals surface area (Å²) in [6, 6.07) is 7.72. The van der Waals surface area contributed by atoms with E-state index >= 15 is 0 Å². The number of carbonyl (C=O) groups is 2. The molecule has 0 radical (unpaired) electrons. The predicted molar refractivity (Wildman–Crippen MR) is 101 cm³/mol. The van der Waals surface area contributed by atoms with E-state index < -0.39 is 11.9 Å². The maximum absolute atomic E-state index is 12.4. The zero-order chi connectivity index (χ0) is 18.7. The highest BCUT2D eigenvalue weighted by atomic mass is 32.2. The summed E-state index contributed by atoms with van der Waals surface area (Å²) in [6.07, 6.45) is 0.593. The van der Waals surface area contributed by atoms with Crippen LogP contribution in [-0.2, 0) is 4.79 Å². The minimum Gasteiger partial charge on any atom is -0.481 e. The highest BCUT2D eigenvalue weighted by molar-refractivity contribution is 7.99. The largest absolute Gasteiger partial charge is 0.481 e. The predicted octanol–water partition coefficient (Wildman–Crippen LogP) is 3.57. The van der Waals surface area contributed by atoms with Gasteiger partial charge in [0, 0.05) is 29.5 Å². The van der Waals surface area contributed by atoms with Crippen molar-refractivity contribution in [3.8, 4) is 0 Å². The minimum absolute atomic E-state index is 0.151. The van der Waals surface area contributed by atoms with Gasteiger partial charge in [-0.15, -0.1) is 0 Å². The summed E-state index contributed by atoms with van der Waals surface area (Å²) in [5.74, 6) is -1.23. The van der Waals surface area contributed by atoms with Crippen LogP contribution in [-0.4, -0.2) is 44.5 Å². The third-order valence-electron chi connectivity index (χ3n) is 4.15. The van der Waals surface area contributed by atoms with Crippen molar-refractivity contribution in [1.82, 2.24) is 14.3 Å². The lowest BCUT2D eigenvalue weighted by molar-refractivity contribution is -0.143. The van der Waals surface area contributed by atoms with Gasteiger partial charge in [-0.1, -0.05) is 24.6 Å². The Morgan fingerprint density at radius 2 is 2.04 bits per heavy atom. The molecule has 2 unspecified atom stereocenters. The number of anilines is 1. The second-order valence-electron chi connectivity index (χ2n) is 6.51. The Bertz CT molecular complexity index is 794. The number of nitrogens with zero attached hydrogens (tertiary/aromatic N) is 3. The smallest absolute Gasteiger partial charge is 0.323 e. The molecule has 1 aliphatic heterocycles. The molecule has 2 amide bonds. The second-order valence-corrected chi connectivity index (χ2v) is 8.30. The second kappa shape index (κ2) is 8.05. The third-order valence-corrected chi connectivity index (χ3v) is 5.77. The number of hydrogen-bond donors (Lipinski definition) is 2. The summed E-state index contributed by atoms with van der Waals surface area (Å²) < 4.78 is 4.26. The molecule has 0 spiro atoms. The Balaban J connectivity index is 1.60. The molecule has 3 rings (SSSR count). The first kappa shape index (κ1) is 18.7. The van der Waals surface area contributed by atoms with Gasteiger partial charge >= 0.3 is 12.0 Å². The van der Waals surface area contributed by atoms with Crippen molar-refractivity contribution in [2.45, 2.75) is 30.3 Å². The highest BCUT2D eigenvalue weighted by Gasteiger charge is 2.32. The average Bonchev–Trinajstić information content (AvgIpc) is 3.03. The molecule has 0 bridgehead atoms. The minimum atomic E-state index is -0.859. The molecule has 138 valence electrons. The first-order valence-corrected chi connectivity index (χ1v) is 9.86. The number of aryl methyl sites for hydroxylation is 1. The fourth-order valence-corrected chi connectivity index (χ4v) is 4.28. The standard InChI is InChI=1S/C17H20N4O3S2/c1-10-3-5-13(6-4-10)25-16-18-15(26-20-16)19-17(24)21-8-11(2)7-12(9-21)14(22)23/h3-6,11-12H,7-9H2,1-2H3,(H,22,23)(H,18,19,20,24). The molecule has 2 heterocycles. The fourth-order valence-electron chi connectivity index (χ4n) is 2.88. The van der Waals surface area contributed by atoms with Crippen LogP contribution in [0.15, 0.2) is 34.3 Å². The van der Waals surface area contributed by atoms with E-state index in [9.17, 15) is 14.7 Å². The lowest BCUT2D eigenvalue weighted by atomic mass is 9.91. The first-order valence-electron chi connectivity index (χ1n) is 8.27. The van der Waals surface area contributed by atoms with Crippen LogP contribution in [0.1, 0.15) is 18.9 Å². The van der Waals surface area contributed by atoms with Crippen molar-refractivity contribution >= 4 is 40.4 Å². The molecular weight excluding hydrogens is 372 g/mol. The number of rotatable bonds is 4. The van der Waals surface area contributed by atoms with Gasteiger partial charge in [0.15, 0.2) is 0 Å². The van der Waals surface area contributed by atoms with E-state index in [4.69, 9.17) is 0 Å². The van der Waals surface area contributed by atoms with Gasteiger partial charge in [-0.25, -0.2) is 4.79 Å². The Morgan fingerprint density at radius 3 is 2.73 bits per heavy atom. The summed E-state index contributed by atoms with van der Waals surface area (Å²) in [6.45, 7) is 4.74. The summed E-state index contributed by atoms with van der Waals surface area (Å²) in [5, 5.41) is 12.9. The van der Waals surface area contributed by atoms with Gasteiger partial charge in [-0.3, -0.25) is 10.1 Å². The van der Waals surface area contributed by atoms with Crippen LogP contribution in [0.3, 0.4) is 0 Å². The number of likely N-dealkylation sites (tertiary alicyclic amines) is 1. The molecule has 2 N–H and O–H groups in total. The summed E-state index contributed by atoms with van der Waals surface area (Å²) >= 11 is 2.55. The molecule has 1 aromatic carbocycles. The molecule has 0 aliphatic carbocycles. The lowest BCUT2D eigenvalue weighted by Gasteiger charge is -2.34. The van der Waals surface area contributed by atoms with Crippen LogP contribution in [0.25, 0.3) is 0 Å². The SMILES string of the molecule is Cc1ccc(Sc2nsc(NC(=O)N3CC(C)CC(C(=O)O)C3)n2)cc1. The number of carboxylic acids is 1. The number of benzene rings is 1. The van der Waals surface area contributed by atoms with Crippen molar-refractivity contribution in [2.75, 3.05) is 18.4 Å². The Morgan fingerprint density at radius 1 is 1.31 bits per heavy atom. The third kappa shape index (κ3) is 4.73. The molecular formula is C17H20N4O3S2. The number of carboxylic acid groups (broad SMARTS) is 1. The molecule has 26 heavy (non-hydrogen) atoms. The van der Waals surface area contributed by atoms with Gasteiger partial charge in [0.25, 0.3) is 0 Å². The zero-order valence-electron chi connectivity index (χ0n) is 14.5. The molecule has 0 saturated carbocycles. The molecule has 1 aliphatic rings. The van der Waals surface area contributed by atoms with Crippen molar-refractivity contribution in [2.24, 2.45) is 11.8 Å². The van der Waals surface area contributed by atoms with Crippen molar-refractivity contribution in [3.63, 3.8) is 0 Å². The number of urea groups is 1. The Hall–Kier alpha value is -2.13. The van der Waals surface area contributed by atoms with Crippen molar-refractivity contribution < 1.29 is 14.7 Å². The number of aromatic nitrogens is 2. The van der Waals surface area contributed by atoms with Crippen LogP contribution in [0.4, 0.5) is 9.93 Å². The summed E-state index contributed by atoms with van der Waals surface area (Å²) in [5.41, 5.74) is 1.18. The maximum Gasteiger partial charge on any atom is 0.323 e. The molecule has 7 nitrogen and oxygen atoms in total. The first-order chi connectivity index (χ1) is 12.4. The van der Waals surface area contributed by atoms with Crippen molar-refractivity contribution in [1.29, 1.82) is 0 Å². The molecule has 1 fully saturated rings. The van der Waals surface area contributed by atoms with E-state index in [0.717, 1.165) is 16.4 Å². The molecule has 9 heteroatoms. The van der Waals surface area contributed by atoms with E-state index in [1.54, 1.807) is 4.90 Å². The quantitative estimate of drug-likeness (QED) is 0.826. The van der Waals surface area contributed by atoms with Crippen LogP contribution in [0, 0.1) is 18.8 Å². The number of piperidine rings is 1. The summed E-state index contributed by atoms with van der Waals surface area (Å²) in [7, 11) is 0. The molecule has 1 aromatic heterocycles. The highest BCUT2D eigenvalue weighted by Crippen LogP contribution is 2.28. The fraction of sp³-hybridized carbons (Fsp3) is 0.412. The van der Waals surface area contributed by atoms with Crippen LogP contribution >= 0.6 is 23.3 Å². The van der Waals surface area contributed by atoms with E-state index in [-0.39, 0.29) is 18.5 Å². The Labute approximate surface area is 160 Å². The molecule has 2 atom stereocenters. The van der Waals surface area contributed by atoms with Gasteiger partial charge in [-0.2, -0.15) is 9.36 Å². The van der Waals surface area contributed by atoms with Crippen LogP contribution < -0.4 is 5.32 Å². The van der Waals surface area contributed by atoms with Gasteiger partial charge < -0.3 is 10.0 Å². The number of nitrogens with one attached hydrogen (secondary N) is 1. The average molecular weight is 393 g/mol. The number of amides is 2. The Kier molecular flexibility index (Phi) is 5.77. The number of hydrogen-bond acceptors (Lipinski definition) is 6. The van der Waals surface area contributed by atoms with E-state index in [1.807, 2.05) is 38.1 Å². The van der Waals surface area contributed by atoms with E-state index in [1.165, 1.54) is 17.3 Å². The number of aliphatic carboxylic acids is 1.